The Morgan fingerprint density at radius 3 is 2.43 bits per heavy atom. The normalized spacial score (nSPS) is 18.7. The summed E-state index contributed by atoms with van der Waals surface area (Å²) >= 11 is 0. The minimum Gasteiger partial charge on any atom is -0.441 e. The number of carbonyl (C=O) groups is 2. The summed E-state index contributed by atoms with van der Waals surface area (Å²) in [7, 11) is 0. The molecule has 1 aliphatic rings. The molecule has 1 saturated heterocycles. The number of benzene rings is 2. The molecule has 3 amide bonds. The van der Waals surface area contributed by atoms with Crippen molar-refractivity contribution in [2.45, 2.75) is 45.7 Å². The predicted molar refractivity (Wildman–Crippen MR) is 114 cm³/mol. The van der Waals surface area contributed by atoms with Crippen LogP contribution in [0.25, 0.3) is 11.5 Å². The maximum atomic E-state index is 13.2. The van der Waals surface area contributed by atoms with Crippen molar-refractivity contribution in [1.29, 1.82) is 0 Å². The van der Waals surface area contributed by atoms with Crippen LogP contribution in [-0.2, 0) is 23.3 Å². The van der Waals surface area contributed by atoms with E-state index in [0.717, 1.165) is 24.0 Å². The second-order valence-corrected chi connectivity index (χ2v) is 7.78. The number of imide groups is 1. The minimum absolute atomic E-state index is 0.0658. The Morgan fingerprint density at radius 2 is 1.77 bits per heavy atom. The summed E-state index contributed by atoms with van der Waals surface area (Å²) in [6.45, 7) is 5.73. The molecule has 2 aromatic carbocycles. The molecule has 1 N–H and O–H groups in total. The van der Waals surface area contributed by atoms with Gasteiger partial charge >= 0.3 is 6.03 Å². The third-order valence-corrected chi connectivity index (χ3v) is 5.57. The van der Waals surface area contributed by atoms with Gasteiger partial charge in [0.15, 0.2) is 0 Å². The Bertz CT molecular complexity index is 1070. The predicted octanol–water partition coefficient (Wildman–Crippen LogP) is 4.57. The number of nitrogens with zero attached hydrogens (tertiary/aromatic N) is 2. The first kappa shape index (κ1) is 19.9. The molecule has 30 heavy (non-hydrogen) atoms. The molecule has 0 aliphatic carbocycles. The minimum atomic E-state index is -1.10. The maximum absolute atomic E-state index is 13.2. The van der Waals surface area contributed by atoms with Crippen LogP contribution in [0.2, 0.25) is 0 Å². The topological polar surface area (TPSA) is 75.4 Å². The van der Waals surface area contributed by atoms with Crippen LogP contribution in [0.15, 0.2) is 59.0 Å². The van der Waals surface area contributed by atoms with Gasteiger partial charge in [-0.05, 0) is 43.5 Å². The van der Waals surface area contributed by atoms with Gasteiger partial charge in [0.05, 0.1) is 6.54 Å². The van der Waals surface area contributed by atoms with E-state index in [2.05, 4.69) is 17.2 Å². The lowest BCUT2D eigenvalue weighted by Crippen LogP contribution is -2.40. The Hall–Kier alpha value is -3.41. The van der Waals surface area contributed by atoms with E-state index >= 15 is 0 Å². The quantitative estimate of drug-likeness (QED) is 0.612. The highest BCUT2D eigenvalue weighted by Gasteiger charge is 2.49. The van der Waals surface area contributed by atoms with Crippen molar-refractivity contribution in [2.75, 3.05) is 0 Å². The van der Waals surface area contributed by atoms with Crippen molar-refractivity contribution in [3.05, 3.63) is 77.2 Å². The Balaban J connectivity index is 1.57. The SMILES string of the molecule is CCCc1ccc(C2(C)NC(=O)N(Cc3nc(-c4ccccc4)oc3C)C2=O)cc1. The molecule has 0 radical (unpaired) electrons. The molecule has 6 nitrogen and oxygen atoms in total. The summed E-state index contributed by atoms with van der Waals surface area (Å²) < 4.78 is 5.77. The van der Waals surface area contributed by atoms with Crippen molar-refractivity contribution in [1.82, 2.24) is 15.2 Å². The van der Waals surface area contributed by atoms with Gasteiger partial charge in [-0.2, -0.15) is 0 Å². The van der Waals surface area contributed by atoms with E-state index in [0.29, 0.717) is 17.3 Å². The van der Waals surface area contributed by atoms with E-state index in [-0.39, 0.29) is 12.5 Å². The number of hydrogen-bond acceptors (Lipinski definition) is 4. The number of aromatic nitrogens is 1. The summed E-state index contributed by atoms with van der Waals surface area (Å²) in [4.78, 5) is 31.6. The van der Waals surface area contributed by atoms with Crippen LogP contribution in [0.1, 0.15) is 42.8 Å². The number of aryl methyl sites for hydroxylation is 2. The van der Waals surface area contributed by atoms with Crippen LogP contribution in [-0.4, -0.2) is 21.8 Å². The highest BCUT2D eigenvalue weighted by molar-refractivity contribution is 6.07. The number of amides is 3. The van der Waals surface area contributed by atoms with Crippen LogP contribution in [0.3, 0.4) is 0 Å². The molecular formula is C24H25N3O3. The second kappa shape index (κ2) is 7.78. The first-order chi connectivity index (χ1) is 14.4. The zero-order chi connectivity index (χ0) is 21.3. The van der Waals surface area contributed by atoms with Crippen molar-refractivity contribution in [3.63, 3.8) is 0 Å². The van der Waals surface area contributed by atoms with Gasteiger partial charge in [-0.1, -0.05) is 55.8 Å². The fourth-order valence-electron chi connectivity index (χ4n) is 3.76. The average molecular weight is 403 g/mol. The van der Waals surface area contributed by atoms with Crippen LogP contribution < -0.4 is 5.32 Å². The van der Waals surface area contributed by atoms with Gasteiger partial charge in [-0.15, -0.1) is 0 Å². The Labute approximate surface area is 175 Å². The lowest BCUT2D eigenvalue weighted by atomic mass is 9.91. The molecule has 0 saturated carbocycles. The highest BCUT2D eigenvalue weighted by atomic mass is 16.4. The lowest BCUT2D eigenvalue weighted by molar-refractivity contribution is -0.131. The number of rotatable bonds is 6. The van der Waals surface area contributed by atoms with Gasteiger partial charge in [-0.25, -0.2) is 9.78 Å². The fourth-order valence-corrected chi connectivity index (χ4v) is 3.76. The van der Waals surface area contributed by atoms with Crippen LogP contribution >= 0.6 is 0 Å². The molecule has 3 aromatic rings. The van der Waals surface area contributed by atoms with E-state index in [1.807, 2.05) is 54.6 Å². The van der Waals surface area contributed by atoms with Gasteiger partial charge in [0.1, 0.15) is 17.0 Å². The van der Waals surface area contributed by atoms with E-state index in [9.17, 15) is 9.59 Å². The fraction of sp³-hybridized carbons (Fsp3) is 0.292. The van der Waals surface area contributed by atoms with Gasteiger partial charge in [0.25, 0.3) is 5.91 Å². The van der Waals surface area contributed by atoms with Crippen molar-refractivity contribution < 1.29 is 14.0 Å². The Kier molecular flexibility index (Phi) is 5.16. The molecule has 1 atom stereocenters. The molecule has 1 aliphatic heterocycles. The van der Waals surface area contributed by atoms with Crippen molar-refractivity contribution in [3.8, 4) is 11.5 Å². The molecule has 1 fully saturated rings. The van der Waals surface area contributed by atoms with Crippen LogP contribution in [0.5, 0.6) is 0 Å². The molecule has 4 rings (SSSR count). The maximum Gasteiger partial charge on any atom is 0.325 e. The summed E-state index contributed by atoms with van der Waals surface area (Å²) in [5.74, 6) is 0.774. The summed E-state index contributed by atoms with van der Waals surface area (Å²) in [6.07, 6.45) is 2.04. The standard InChI is InChI=1S/C24H25N3O3/c1-4-8-17-11-13-19(14-12-17)24(3)22(28)27(23(29)26-24)15-20-16(2)30-21(25-20)18-9-6-5-7-10-18/h5-7,9-14H,4,8,15H2,1-3H3,(H,26,29). The van der Waals surface area contributed by atoms with Gasteiger partial charge in [0.2, 0.25) is 5.89 Å². The first-order valence-corrected chi connectivity index (χ1v) is 10.2. The molecule has 1 aromatic heterocycles. The third kappa shape index (κ3) is 3.49. The number of carbonyl (C=O) groups excluding carboxylic acids is 2. The lowest BCUT2D eigenvalue weighted by Gasteiger charge is -2.22. The van der Waals surface area contributed by atoms with E-state index < -0.39 is 11.6 Å². The Morgan fingerprint density at radius 1 is 1.07 bits per heavy atom. The zero-order valence-corrected chi connectivity index (χ0v) is 17.4. The number of nitrogens with one attached hydrogen (secondary N) is 1. The van der Waals surface area contributed by atoms with Gasteiger partial charge in [0, 0.05) is 5.56 Å². The van der Waals surface area contributed by atoms with Crippen LogP contribution in [0, 0.1) is 6.92 Å². The van der Waals surface area contributed by atoms with Crippen LogP contribution in [0.4, 0.5) is 4.79 Å². The summed E-state index contributed by atoms with van der Waals surface area (Å²) in [5, 5.41) is 2.86. The monoisotopic (exact) mass is 403 g/mol. The first-order valence-electron chi connectivity index (χ1n) is 10.2. The molecular weight excluding hydrogens is 378 g/mol. The smallest absolute Gasteiger partial charge is 0.325 e. The van der Waals surface area contributed by atoms with E-state index in [4.69, 9.17) is 4.42 Å². The van der Waals surface area contributed by atoms with Gasteiger partial charge < -0.3 is 9.73 Å². The van der Waals surface area contributed by atoms with Crippen molar-refractivity contribution in [2.24, 2.45) is 0 Å². The molecule has 0 spiro atoms. The molecule has 154 valence electrons. The molecule has 6 heteroatoms. The van der Waals surface area contributed by atoms with E-state index in [1.54, 1.807) is 13.8 Å². The summed E-state index contributed by atoms with van der Waals surface area (Å²) in [5.41, 5.74) is 2.30. The highest BCUT2D eigenvalue weighted by Crippen LogP contribution is 2.31. The largest absolute Gasteiger partial charge is 0.441 e. The molecule has 0 bridgehead atoms. The zero-order valence-electron chi connectivity index (χ0n) is 17.4. The van der Waals surface area contributed by atoms with Gasteiger partial charge in [-0.3, -0.25) is 9.69 Å². The average Bonchev–Trinajstić information content (AvgIpc) is 3.22. The molecule has 2 heterocycles. The second-order valence-electron chi connectivity index (χ2n) is 7.78. The number of urea groups is 1. The van der Waals surface area contributed by atoms with E-state index in [1.165, 1.54) is 10.5 Å². The van der Waals surface area contributed by atoms with Crippen molar-refractivity contribution >= 4 is 11.9 Å². The summed E-state index contributed by atoms with van der Waals surface area (Å²) in [6, 6.07) is 17.0. The third-order valence-electron chi connectivity index (χ3n) is 5.57. The number of hydrogen-bond donors (Lipinski definition) is 1. The number of oxazole rings is 1. The molecule has 1 unspecified atom stereocenters.